The number of hydrogen-bond donors (Lipinski definition) is 2. The zero-order valence-electron chi connectivity index (χ0n) is 13.7. The predicted molar refractivity (Wildman–Crippen MR) is 96.3 cm³/mol. The molecule has 3 N–H and O–H groups in total. The number of sulfonamides is 1. The van der Waals surface area contributed by atoms with Crippen molar-refractivity contribution in [2.45, 2.75) is 42.5 Å². The SMILES string of the molecule is NS(=O)(=O)c1ccc(CCNC2CCC(c3ccccc3)C2)cc1. The number of benzene rings is 2. The third-order valence-corrected chi connectivity index (χ3v) is 5.73. The van der Waals surface area contributed by atoms with E-state index in [1.54, 1.807) is 12.1 Å². The van der Waals surface area contributed by atoms with Gasteiger partial charge in [0.1, 0.15) is 0 Å². The van der Waals surface area contributed by atoms with Crippen LogP contribution in [0.25, 0.3) is 0 Å². The van der Waals surface area contributed by atoms with Gasteiger partial charge < -0.3 is 5.32 Å². The highest BCUT2D eigenvalue weighted by atomic mass is 32.2. The lowest BCUT2D eigenvalue weighted by Gasteiger charge is -2.14. The maximum atomic E-state index is 11.2. The predicted octanol–water partition coefficient (Wildman–Crippen LogP) is 2.80. The Balaban J connectivity index is 1.46. The van der Waals surface area contributed by atoms with E-state index in [9.17, 15) is 8.42 Å². The highest BCUT2D eigenvalue weighted by molar-refractivity contribution is 7.89. The van der Waals surface area contributed by atoms with Gasteiger partial charge in [-0.15, -0.1) is 0 Å². The summed E-state index contributed by atoms with van der Waals surface area (Å²) in [4.78, 5) is 0.167. The van der Waals surface area contributed by atoms with Gasteiger partial charge in [0.05, 0.1) is 4.90 Å². The third-order valence-electron chi connectivity index (χ3n) is 4.80. The van der Waals surface area contributed by atoms with Crippen LogP contribution in [0.2, 0.25) is 0 Å². The lowest BCUT2D eigenvalue weighted by atomic mass is 9.98. The Kier molecular flexibility index (Phi) is 5.33. The first-order chi connectivity index (χ1) is 11.5. The molecule has 0 saturated heterocycles. The quantitative estimate of drug-likeness (QED) is 0.846. The molecule has 0 bridgehead atoms. The topological polar surface area (TPSA) is 72.2 Å². The average molecular weight is 344 g/mol. The molecule has 2 atom stereocenters. The largest absolute Gasteiger partial charge is 0.314 e. The van der Waals surface area contributed by atoms with E-state index in [4.69, 9.17) is 5.14 Å². The molecule has 4 nitrogen and oxygen atoms in total. The molecule has 0 spiro atoms. The number of nitrogens with two attached hydrogens (primary N) is 1. The molecule has 3 rings (SSSR count). The standard InChI is InChI=1S/C19H24N2O2S/c20-24(22,23)19-10-6-15(7-11-19)12-13-21-18-9-8-17(14-18)16-4-2-1-3-5-16/h1-7,10-11,17-18,21H,8-9,12-14H2,(H2,20,22,23). The van der Waals surface area contributed by atoms with Gasteiger partial charge in [0.2, 0.25) is 10.0 Å². The molecule has 0 radical (unpaired) electrons. The molecule has 24 heavy (non-hydrogen) atoms. The molecule has 5 heteroatoms. The van der Waals surface area contributed by atoms with Gasteiger partial charge in [-0.25, -0.2) is 13.6 Å². The van der Waals surface area contributed by atoms with E-state index in [2.05, 4.69) is 35.6 Å². The van der Waals surface area contributed by atoms with E-state index in [0.29, 0.717) is 12.0 Å². The molecular weight excluding hydrogens is 320 g/mol. The molecule has 2 aromatic carbocycles. The van der Waals surface area contributed by atoms with Crippen LogP contribution in [0.3, 0.4) is 0 Å². The van der Waals surface area contributed by atoms with Gasteiger partial charge in [-0.05, 0) is 61.4 Å². The van der Waals surface area contributed by atoms with Crippen molar-refractivity contribution >= 4 is 10.0 Å². The van der Waals surface area contributed by atoms with Gasteiger partial charge in [-0.3, -0.25) is 0 Å². The fraction of sp³-hybridized carbons (Fsp3) is 0.368. The molecule has 128 valence electrons. The second-order valence-electron chi connectivity index (χ2n) is 6.51. The summed E-state index contributed by atoms with van der Waals surface area (Å²) in [6.07, 6.45) is 4.53. The van der Waals surface area contributed by atoms with E-state index >= 15 is 0 Å². The summed E-state index contributed by atoms with van der Waals surface area (Å²) >= 11 is 0. The molecule has 0 aliphatic heterocycles. The Hall–Kier alpha value is -1.69. The molecule has 1 aliphatic carbocycles. The second-order valence-corrected chi connectivity index (χ2v) is 8.07. The third kappa shape index (κ3) is 4.44. The zero-order chi connectivity index (χ0) is 17.0. The minimum atomic E-state index is -3.60. The van der Waals surface area contributed by atoms with Crippen molar-refractivity contribution in [2.75, 3.05) is 6.54 Å². The van der Waals surface area contributed by atoms with Crippen LogP contribution < -0.4 is 10.5 Å². The van der Waals surface area contributed by atoms with Crippen molar-refractivity contribution in [1.29, 1.82) is 0 Å². The molecule has 1 aliphatic rings. The fourth-order valence-corrected chi connectivity index (χ4v) is 3.98. The summed E-state index contributed by atoms with van der Waals surface area (Å²) in [5.74, 6) is 0.665. The van der Waals surface area contributed by atoms with Crippen molar-refractivity contribution in [1.82, 2.24) is 5.32 Å². The van der Waals surface area contributed by atoms with Crippen molar-refractivity contribution in [3.63, 3.8) is 0 Å². The first-order valence-electron chi connectivity index (χ1n) is 8.42. The van der Waals surface area contributed by atoms with Gasteiger partial charge in [0, 0.05) is 6.04 Å². The highest BCUT2D eigenvalue weighted by Crippen LogP contribution is 2.34. The van der Waals surface area contributed by atoms with E-state index in [1.165, 1.54) is 24.8 Å². The maximum absolute atomic E-state index is 11.2. The Morgan fingerprint density at radius 2 is 1.71 bits per heavy atom. The van der Waals surface area contributed by atoms with Crippen LogP contribution in [0, 0.1) is 0 Å². The van der Waals surface area contributed by atoms with Crippen molar-refractivity contribution in [2.24, 2.45) is 5.14 Å². The molecule has 0 heterocycles. The number of rotatable bonds is 6. The monoisotopic (exact) mass is 344 g/mol. The van der Waals surface area contributed by atoms with Crippen LogP contribution in [0.1, 0.15) is 36.3 Å². The first kappa shape index (κ1) is 17.1. The highest BCUT2D eigenvalue weighted by Gasteiger charge is 2.25. The van der Waals surface area contributed by atoms with Crippen LogP contribution in [-0.4, -0.2) is 21.0 Å². The summed E-state index contributed by atoms with van der Waals surface area (Å²) in [6, 6.07) is 18.1. The molecule has 1 saturated carbocycles. The van der Waals surface area contributed by atoms with Crippen LogP contribution in [0.4, 0.5) is 0 Å². The molecule has 0 amide bonds. The average Bonchev–Trinajstić information content (AvgIpc) is 3.04. The summed E-state index contributed by atoms with van der Waals surface area (Å²) in [5.41, 5.74) is 2.56. The Labute approximate surface area is 144 Å². The van der Waals surface area contributed by atoms with E-state index in [0.717, 1.165) is 18.5 Å². The smallest absolute Gasteiger partial charge is 0.238 e. The first-order valence-corrected chi connectivity index (χ1v) is 9.97. The Morgan fingerprint density at radius 3 is 2.38 bits per heavy atom. The van der Waals surface area contributed by atoms with Gasteiger partial charge in [0.25, 0.3) is 0 Å². The summed E-state index contributed by atoms with van der Waals surface area (Å²) < 4.78 is 22.5. The minimum absolute atomic E-state index is 0.167. The Bertz CT molecular complexity index is 758. The van der Waals surface area contributed by atoms with E-state index < -0.39 is 10.0 Å². The van der Waals surface area contributed by atoms with Gasteiger partial charge >= 0.3 is 0 Å². The summed E-state index contributed by atoms with van der Waals surface area (Å²) in [7, 11) is -3.60. The Morgan fingerprint density at radius 1 is 1.00 bits per heavy atom. The van der Waals surface area contributed by atoms with Crippen LogP contribution in [0.5, 0.6) is 0 Å². The minimum Gasteiger partial charge on any atom is -0.314 e. The summed E-state index contributed by atoms with van der Waals surface area (Å²) in [5, 5.41) is 8.74. The van der Waals surface area contributed by atoms with Crippen molar-refractivity contribution < 1.29 is 8.42 Å². The lowest BCUT2D eigenvalue weighted by molar-refractivity contribution is 0.521. The molecule has 2 unspecified atom stereocenters. The molecule has 1 fully saturated rings. The van der Waals surface area contributed by atoms with E-state index in [1.807, 2.05) is 12.1 Å². The number of nitrogens with one attached hydrogen (secondary N) is 1. The maximum Gasteiger partial charge on any atom is 0.238 e. The summed E-state index contributed by atoms with van der Waals surface area (Å²) in [6.45, 7) is 0.904. The lowest BCUT2D eigenvalue weighted by Crippen LogP contribution is -2.28. The zero-order valence-corrected chi connectivity index (χ0v) is 14.5. The second kappa shape index (κ2) is 7.47. The van der Waals surface area contributed by atoms with E-state index in [-0.39, 0.29) is 4.90 Å². The van der Waals surface area contributed by atoms with Gasteiger partial charge in [0.15, 0.2) is 0 Å². The van der Waals surface area contributed by atoms with Crippen LogP contribution in [-0.2, 0) is 16.4 Å². The van der Waals surface area contributed by atoms with Crippen molar-refractivity contribution in [3.05, 3.63) is 65.7 Å². The number of hydrogen-bond acceptors (Lipinski definition) is 3. The van der Waals surface area contributed by atoms with Gasteiger partial charge in [-0.2, -0.15) is 0 Å². The normalized spacial score (nSPS) is 21.0. The molecular formula is C19H24N2O2S. The molecule has 2 aromatic rings. The van der Waals surface area contributed by atoms with Gasteiger partial charge in [-0.1, -0.05) is 42.5 Å². The number of primary sulfonamides is 1. The van der Waals surface area contributed by atoms with Crippen LogP contribution in [0.15, 0.2) is 59.5 Å². The van der Waals surface area contributed by atoms with Crippen molar-refractivity contribution in [3.8, 4) is 0 Å². The van der Waals surface area contributed by atoms with Crippen LogP contribution >= 0.6 is 0 Å². The molecule has 0 aromatic heterocycles. The fourth-order valence-electron chi connectivity index (χ4n) is 3.46.